The van der Waals surface area contributed by atoms with E-state index in [9.17, 15) is 0 Å². The van der Waals surface area contributed by atoms with Gasteiger partial charge in [0.25, 0.3) is 0 Å². The lowest BCUT2D eigenvalue weighted by Crippen LogP contribution is -2.34. The maximum atomic E-state index is 5.87. The number of nitrogen functional groups attached to an aromatic ring is 1. The van der Waals surface area contributed by atoms with Gasteiger partial charge in [0.15, 0.2) is 0 Å². The molecule has 0 unspecified atom stereocenters. The Hall–Kier alpha value is -2.33. The summed E-state index contributed by atoms with van der Waals surface area (Å²) in [5, 5.41) is 0. The van der Waals surface area contributed by atoms with E-state index < -0.39 is 0 Å². The zero-order valence-corrected chi connectivity index (χ0v) is 13.9. The molecule has 4 heteroatoms. The van der Waals surface area contributed by atoms with Crippen molar-refractivity contribution in [2.75, 3.05) is 25.4 Å². The van der Waals surface area contributed by atoms with Crippen LogP contribution in [0.15, 0.2) is 48.7 Å². The Bertz CT molecular complexity index is 801. The molecule has 4 nitrogen and oxygen atoms in total. The van der Waals surface area contributed by atoms with Crippen molar-refractivity contribution in [3.05, 3.63) is 59.8 Å². The number of pyridine rings is 1. The van der Waals surface area contributed by atoms with E-state index in [4.69, 9.17) is 5.73 Å². The van der Waals surface area contributed by atoms with Crippen LogP contribution in [0.25, 0.3) is 11.0 Å². The fourth-order valence-corrected chi connectivity index (χ4v) is 3.75. The second kappa shape index (κ2) is 6.65. The summed E-state index contributed by atoms with van der Waals surface area (Å²) in [6, 6.07) is 14.6. The molecule has 1 saturated heterocycles. The van der Waals surface area contributed by atoms with Gasteiger partial charge in [0, 0.05) is 12.7 Å². The Morgan fingerprint density at radius 3 is 2.67 bits per heavy atom. The minimum absolute atomic E-state index is 0.584. The Morgan fingerprint density at radius 2 is 1.88 bits per heavy atom. The highest BCUT2D eigenvalue weighted by molar-refractivity contribution is 5.81. The van der Waals surface area contributed by atoms with E-state index in [2.05, 4.69) is 51.4 Å². The van der Waals surface area contributed by atoms with Crippen molar-refractivity contribution in [2.24, 2.45) is 0 Å². The van der Waals surface area contributed by atoms with E-state index in [1.54, 1.807) is 0 Å². The molecule has 0 atom stereocenters. The first-order chi connectivity index (χ1) is 11.8. The number of benzene rings is 1. The number of aromatic amines is 1. The molecular weight excluding hydrogens is 296 g/mol. The third kappa shape index (κ3) is 3.15. The van der Waals surface area contributed by atoms with E-state index in [1.165, 1.54) is 24.0 Å². The van der Waals surface area contributed by atoms with Crippen LogP contribution >= 0.6 is 0 Å². The highest BCUT2D eigenvalue weighted by Crippen LogP contribution is 2.32. The molecule has 0 radical (unpaired) electrons. The summed E-state index contributed by atoms with van der Waals surface area (Å²) in [6.07, 6.45) is 5.65. The number of likely N-dealkylation sites (tertiary alicyclic amines) is 1. The van der Waals surface area contributed by atoms with Crippen molar-refractivity contribution in [1.82, 2.24) is 14.9 Å². The van der Waals surface area contributed by atoms with Gasteiger partial charge in [-0.2, -0.15) is 0 Å². The Kier molecular flexibility index (Phi) is 4.22. The lowest BCUT2D eigenvalue weighted by molar-refractivity contribution is 0.215. The normalized spacial score (nSPS) is 16.7. The summed E-state index contributed by atoms with van der Waals surface area (Å²) in [5.74, 6) is 1.18. The lowest BCUT2D eigenvalue weighted by Gasteiger charge is -2.31. The summed E-state index contributed by atoms with van der Waals surface area (Å²) < 4.78 is 0. The van der Waals surface area contributed by atoms with Crippen molar-refractivity contribution in [3.8, 4) is 0 Å². The molecule has 1 fully saturated rings. The van der Waals surface area contributed by atoms with Crippen LogP contribution < -0.4 is 5.73 Å². The van der Waals surface area contributed by atoms with E-state index in [0.29, 0.717) is 11.7 Å². The second-order valence-electron chi connectivity index (χ2n) is 6.73. The van der Waals surface area contributed by atoms with Gasteiger partial charge in [0.05, 0.1) is 11.0 Å². The van der Waals surface area contributed by atoms with Crippen LogP contribution in [-0.4, -0.2) is 34.5 Å². The molecule has 0 aliphatic carbocycles. The van der Waals surface area contributed by atoms with Gasteiger partial charge in [-0.3, -0.25) is 0 Å². The largest absolute Gasteiger partial charge is 0.384 e. The van der Waals surface area contributed by atoms with Gasteiger partial charge in [-0.15, -0.1) is 0 Å². The second-order valence-corrected chi connectivity index (χ2v) is 6.73. The Balaban J connectivity index is 1.38. The number of nitrogens with zero attached hydrogens (tertiary/aromatic N) is 2. The average Bonchev–Trinajstić information content (AvgIpc) is 3.04. The van der Waals surface area contributed by atoms with Gasteiger partial charge >= 0.3 is 0 Å². The third-order valence-corrected chi connectivity index (χ3v) is 5.16. The van der Waals surface area contributed by atoms with Crippen molar-refractivity contribution in [1.29, 1.82) is 0 Å². The van der Waals surface area contributed by atoms with E-state index >= 15 is 0 Å². The lowest BCUT2D eigenvalue weighted by atomic mass is 9.90. The van der Waals surface area contributed by atoms with Gasteiger partial charge in [-0.25, -0.2) is 4.98 Å². The Morgan fingerprint density at radius 1 is 1.08 bits per heavy atom. The van der Waals surface area contributed by atoms with Gasteiger partial charge in [0.2, 0.25) is 0 Å². The van der Waals surface area contributed by atoms with E-state index in [1.807, 2.05) is 12.1 Å². The number of anilines is 1. The van der Waals surface area contributed by atoms with Crippen LogP contribution in [0.2, 0.25) is 0 Å². The molecule has 0 spiro atoms. The zero-order valence-electron chi connectivity index (χ0n) is 13.9. The first kappa shape index (κ1) is 15.2. The highest BCUT2D eigenvalue weighted by Gasteiger charge is 2.23. The van der Waals surface area contributed by atoms with Crippen molar-refractivity contribution in [3.63, 3.8) is 0 Å². The molecule has 1 aromatic carbocycles. The molecule has 0 amide bonds. The summed E-state index contributed by atoms with van der Waals surface area (Å²) in [4.78, 5) is 10.5. The summed E-state index contributed by atoms with van der Waals surface area (Å²) >= 11 is 0. The minimum atomic E-state index is 0.584. The zero-order chi connectivity index (χ0) is 16.4. The number of piperidine rings is 1. The Labute approximate surface area is 142 Å². The summed E-state index contributed by atoms with van der Waals surface area (Å²) in [7, 11) is 0. The predicted octanol–water partition coefficient (Wildman–Crippen LogP) is 3.57. The molecule has 3 aromatic rings. The molecular formula is C20H24N4. The number of hydrogen-bond acceptors (Lipinski definition) is 3. The number of hydrogen-bond donors (Lipinski definition) is 2. The standard InChI is InChI=1S/C20H24N4/c21-19-7-6-18-20(23-19)17(14-22-18)16-9-12-24(13-10-16)11-8-15-4-2-1-3-5-15/h1-7,14,16,22H,8-13H2,(H2,21,23). The van der Waals surface area contributed by atoms with Gasteiger partial charge in [-0.1, -0.05) is 30.3 Å². The molecule has 1 aliphatic rings. The van der Waals surface area contributed by atoms with Crippen LogP contribution in [-0.2, 0) is 6.42 Å². The highest BCUT2D eigenvalue weighted by atomic mass is 15.1. The number of nitrogens with one attached hydrogen (secondary N) is 1. The molecule has 0 saturated carbocycles. The molecule has 24 heavy (non-hydrogen) atoms. The van der Waals surface area contributed by atoms with Crippen LogP contribution in [0.4, 0.5) is 5.82 Å². The fraction of sp³-hybridized carbons (Fsp3) is 0.350. The van der Waals surface area contributed by atoms with Crippen LogP contribution in [0.5, 0.6) is 0 Å². The molecule has 4 rings (SSSR count). The maximum absolute atomic E-state index is 5.87. The first-order valence-electron chi connectivity index (χ1n) is 8.79. The smallest absolute Gasteiger partial charge is 0.124 e. The molecule has 0 bridgehead atoms. The number of aromatic nitrogens is 2. The SMILES string of the molecule is Nc1ccc2[nH]cc(C3CCN(CCc4ccccc4)CC3)c2n1. The van der Waals surface area contributed by atoms with Crippen LogP contribution in [0.1, 0.15) is 29.9 Å². The minimum Gasteiger partial charge on any atom is -0.384 e. The topological polar surface area (TPSA) is 57.9 Å². The molecule has 3 N–H and O–H groups in total. The van der Waals surface area contributed by atoms with Crippen LogP contribution in [0, 0.1) is 0 Å². The molecule has 1 aliphatic heterocycles. The van der Waals surface area contributed by atoms with Gasteiger partial charge in [0.1, 0.15) is 5.82 Å². The number of fused-ring (bicyclic) bond motifs is 1. The molecule has 2 aromatic heterocycles. The monoisotopic (exact) mass is 320 g/mol. The van der Waals surface area contributed by atoms with E-state index in [0.717, 1.165) is 37.1 Å². The van der Waals surface area contributed by atoms with Gasteiger partial charge in [-0.05, 0) is 61.5 Å². The quantitative estimate of drug-likeness (QED) is 0.772. The van der Waals surface area contributed by atoms with Crippen LogP contribution in [0.3, 0.4) is 0 Å². The van der Waals surface area contributed by atoms with Crippen molar-refractivity contribution >= 4 is 16.9 Å². The molecule has 124 valence electrons. The number of H-pyrrole nitrogens is 1. The van der Waals surface area contributed by atoms with E-state index in [-0.39, 0.29) is 0 Å². The fourth-order valence-electron chi connectivity index (χ4n) is 3.75. The van der Waals surface area contributed by atoms with Crippen molar-refractivity contribution < 1.29 is 0 Å². The third-order valence-electron chi connectivity index (χ3n) is 5.16. The maximum Gasteiger partial charge on any atom is 0.124 e. The summed E-state index contributed by atoms with van der Waals surface area (Å²) in [5.41, 5.74) is 10.8. The number of rotatable bonds is 4. The molecule has 3 heterocycles. The first-order valence-corrected chi connectivity index (χ1v) is 8.79. The van der Waals surface area contributed by atoms with Gasteiger partial charge < -0.3 is 15.6 Å². The number of nitrogens with two attached hydrogens (primary N) is 1. The summed E-state index contributed by atoms with van der Waals surface area (Å²) in [6.45, 7) is 3.47. The average molecular weight is 320 g/mol. The van der Waals surface area contributed by atoms with Crippen molar-refractivity contribution in [2.45, 2.75) is 25.2 Å². The predicted molar refractivity (Wildman–Crippen MR) is 99.1 cm³/mol.